The number of epoxide rings is 1. The number of phenols is 1. The summed E-state index contributed by atoms with van der Waals surface area (Å²) in [7, 11) is 5.38. The lowest BCUT2D eigenvalue weighted by atomic mass is 9.81. The van der Waals surface area contributed by atoms with E-state index in [1.807, 2.05) is 0 Å². The van der Waals surface area contributed by atoms with Gasteiger partial charge in [-0.3, -0.25) is 14.4 Å². The van der Waals surface area contributed by atoms with E-state index in [9.17, 15) is 19.8 Å². The average Bonchev–Trinajstić information content (AvgIpc) is 3.52. The van der Waals surface area contributed by atoms with Gasteiger partial charge < -0.3 is 29.7 Å². The quantitative estimate of drug-likeness (QED) is 0.322. The zero-order chi connectivity index (χ0) is 22.4. The first-order valence-corrected chi connectivity index (χ1v) is 12.2. The van der Waals surface area contributed by atoms with E-state index in [0.29, 0.717) is 11.3 Å². The van der Waals surface area contributed by atoms with E-state index < -0.39 is 39.9 Å². The van der Waals surface area contributed by atoms with Crippen molar-refractivity contribution in [3.63, 3.8) is 0 Å². The number of nitrogens with zero attached hydrogens (tertiary/aromatic N) is 1. The Morgan fingerprint density at radius 3 is 2.81 bits per heavy atom. The highest BCUT2D eigenvalue weighted by molar-refractivity contribution is 8.77. The Kier molecular flexibility index (Phi) is 4.29. The first-order valence-electron chi connectivity index (χ1n) is 10.0. The Morgan fingerprint density at radius 2 is 2.06 bits per heavy atom. The van der Waals surface area contributed by atoms with Crippen LogP contribution in [0.15, 0.2) is 24.3 Å². The van der Waals surface area contributed by atoms with Crippen molar-refractivity contribution >= 4 is 33.4 Å². The van der Waals surface area contributed by atoms with Gasteiger partial charge in [0.2, 0.25) is 10.6 Å². The topological polar surface area (TPSA) is 130 Å². The molecule has 2 amide bonds. The molecule has 5 saturated heterocycles. The number of aliphatic hydroxyl groups is 1. The van der Waals surface area contributed by atoms with Crippen LogP contribution >= 0.6 is 21.6 Å². The number of amides is 2. The highest BCUT2D eigenvalue weighted by Gasteiger charge is 2.76. The van der Waals surface area contributed by atoms with Gasteiger partial charge in [0, 0.05) is 12.0 Å². The number of hydrogen-bond acceptors (Lipinski definition) is 10. The number of phenolic OH excluding ortho intramolecular Hbond substituents is 1. The number of aliphatic hydroxyl groups excluding tert-OH is 1. The third-order valence-corrected chi connectivity index (χ3v) is 10.0. The smallest absolute Gasteiger partial charge is 0.272 e. The molecule has 7 rings (SSSR count). The van der Waals surface area contributed by atoms with Crippen LogP contribution in [0.4, 0.5) is 0 Å². The van der Waals surface area contributed by atoms with Crippen molar-refractivity contribution in [3.05, 3.63) is 29.8 Å². The van der Waals surface area contributed by atoms with E-state index in [4.69, 9.17) is 19.0 Å². The lowest BCUT2D eigenvalue weighted by molar-refractivity contribution is -0.281. The number of nitrogens with one attached hydrogen (secondary N) is 1. The third-order valence-electron chi connectivity index (χ3n) is 6.67. The predicted molar refractivity (Wildman–Crippen MR) is 113 cm³/mol. The Hall–Kier alpha value is -2.12. The van der Waals surface area contributed by atoms with Gasteiger partial charge in [0.15, 0.2) is 11.5 Å². The van der Waals surface area contributed by atoms with Crippen molar-refractivity contribution in [2.24, 2.45) is 0 Å². The minimum absolute atomic E-state index is 0.147. The first kappa shape index (κ1) is 20.5. The summed E-state index contributed by atoms with van der Waals surface area (Å²) in [5.74, 6) is -0.483. The molecular weight excluding hydrogens is 460 g/mol. The molecule has 0 radical (unpaired) electrons. The number of hydrogen-bond donors (Lipinski definition) is 3. The van der Waals surface area contributed by atoms with Crippen LogP contribution in [-0.4, -0.2) is 76.1 Å². The second-order valence-electron chi connectivity index (χ2n) is 8.28. The SMILES string of the molecule is COc1ccc([C@@H]2SS[C@]34C[C@]56O[C@H]5C=C[C@@H](O)[C@@H]6ON3C(=O)[C@@H]2NC4=O)c(O)c1OC. The Morgan fingerprint density at radius 1 is 1.25 bits per heavy atom. The van der Waals surface area contributed by atoms with Crippen LogP contribution in [0.25, 0.3) is 0 Å². The third kappa shape index (κ3) is 2.44. The van der Waals surface area contributed by atoms with Gasteiger partial charge in [-0.2, -0.15) is 5.06 Å². The number of benzene rings is 1. The maximum Gasteiger partial charge on any atom is 0.272 e. The number of carbonyl (C=O) groups is 2. The van der Waals surface area contributed by atoms with Crippen LogP contribution in [0, 0.1) is 0 Å². The molecule has 2 spiro atoms. The normalized spacial score (nSPS) is 41.2. The molecule has 7 atom stereocenters. The fourth-order valence-corrected chi connectivity index (χ4v) is 8.51. The number of aromatic hydroxyl groups is 1. The van der Waals surface area contributed by atoms with Gasteiger partial charge in [0.25, 0.3) is 11.8 Å². The van der Waals surface area contributed by atoms with Gasteiger partial charge in [-0.15, -0.1) is 0 Å². The molecule has 170 valence electrons. The van der Waals surface area contributed by atoms with Crippen LogP contribution < -0.4 is 14.8 Å². The summed E-state index contributed by atoms with van der Waals surface area (Å²) in [6, 6.07) is 2.31. The number of carbonyl (C=O) groups excluding carboxylic acids is 2. The molecule has 0 aromatic heterocycles. The summed E-state index contributed by atoms with van der Waals surface area (Å²) in [6.45, 7) is 0. The van der Waals surface area contributed by atoms with Crippen LogP contribution in [-0.2, 0) is 19.2 Å². The van der Waals surface area contributed by atoms with Gasteiger partial charge >= 0.3 is 0 Å². The second kappa shape index (κ2) is 6.70. The van der Waals surface area contributed by atoms with Crippen LogP contribution in [0.5, 0.6) is 17.2 Å². The number of piperazine rings is 1. The number of fused-ring (bicyclic) bond motifs is 3. The van der Waals surface area contributed by atoms with Crippen molar-refractivity contribution in [1.82, 2.24) is 10.4 Å². The Bertz CT molecular complexity index is 1070. The van der Waals surface area contributed by atoms with Crippen molar-refractivity contribution in [3.8, 4) is 17.2 Å². The fraction of sp³-hybridized carbons (Fsp3) is 0.500. The van der Waals surface area contributed by atoms with Crippen molar-refractivity contribution in [2.75, 3.05) is 14.2 Å². The largest absolute Gasteiger partial charge is 0.504 e. The van der Waals surface area contributed by atoms with Crippen molar-refractivity contribution in [1.29, 1.82) is 0 Å². The van der Waals surface area contributed by atoms with Crippen molar-refractivity contribution < 1.29 is 38.9 Å². The minimum atomic E-state index is -1.35. The second-order valence-corrected chi connectivity index (χ2v) is 10.9. The molecule has 5 heterocycles. The summed E-state index contributed by atoms with van der Waals surface area (Å²) in [5.41, 5.74) is -0.429. The predicted octanol–water partition coefficient (Wildman–Crippen LogP) is 0.641. The molecule has 32 heavy (non-hydrogen) atoms. The van der Waals surface area contributed by atoms with Gasteiger partial charge in [0.1, 0.15) is 30.0 Å². The standard InChI is InChI=1S/C20H20N2O8S2/c1-27-10-5-3-8(13(24)14(10)28-2)15-12-17(25)22-20(32-31-15,18(26)21-12)7-19-11(29-19)6-4-9(23)16(19)30-22/h3-6,9,11-12,15-16,23-24H,7H2,1-2H3,(H,21,26)/t9-,11+,12-,15+,16+,19+,20+/m1/s1. The molecule has 3 N–H and O–H groups in total. The van der Waals surface area contributed by atoms with Gasteiger partial charge in [-0.25, -0.2) is 0 Å². The van der Waals surface area contributed by atoms with Crippen LogP contribution in [0.3, 0.4) is 0 Å². The molecule has 2 bridgehead atoms. The van der Waals surface area contributed by atoms with E-state index >= 15 is 0 Å². The van der Waals surface area contributed by atoms with Crippen LogP contribution in [0.1, 0.15) is 17.2 Å². The van der Waals surface area contributed by atoms with Gasteiger partial charge in [-0.1, -0.05) is 39.8 Å². The number of hydroxylamine groups is 2. The zero-order valence-electron chi connectivity index (χ0n) is 17.0. The molecule has 0 saturated carbocycles. The highest BCUT2D eigenvalue weighted by Crippen LogP contribution is 2.64. The fourth-order valence-electron chi connectivity index (χ4n) is 5.00. The molecule has 1 aliphatic carbocycles. The first-order chi connectivity index (χ1) is 15.4. The molecular formula is C20H20N2O8S2. The minimum Gasteiger partial charge on any atom is -0.504 e. The van der Waals surface area contributed by atoms with Gasteiger partial charge in [0.05, 0.1) is 19.5 Å². The summed E-state index contributed by atoms with van der Waals surface area (Å²) in [6.07, 6.45) is 1.54. The molecule has 10 nitrogen and oxygen atoms in total. The maximum absolute atomic E-state index is 13.5. The Labute approximate surface area is 190 Å². The van der Waals surface area contributed by atoms with E-state index in [1.165, 1.54) is 35.8 Å². The van der Waals surface area contributed by atoms with Gasteiger partial charge in [-0.05, 0) is 6.07 Å². The average molecular weight is 481 g/mol. The molecule has 5 fully saturated rings. The number of rotatable bonds is 3. The van der Waals surface area contributed by atoms with Crippen molar-refractivity contribution in [2.45, 2.75) is 46.5 Å². The van der Waals surface area contributed by atoms with E-state index in [1.54, 1.807) is 24.3 Å². The lowest BCUT2D eigenvalue weighted by Crippen LogP contribution is -2.74. The molecule has 5 aliphatic heterocycles. The molecule has 12 heteroatoms. The monoisotopic (exact) mass is 480 g/mol. The van der Waals surface area contributed by atoms with E-state index in [-0.39, 0.29) is 29.9 Å². The van der Waals surface area contributed by atoms with Crippen LogP contribution in [0.2, 0.25) is 0 Å². The zero-order valence-corrected chi connectivity index (χ0v) is 18.6. The summed E-state index contributed by atoms with van der Waals surface area (Å²) in [5, 5.41) is 24.6. The van der Waals surface area contributed by atoms with E-state index in [2.05, 4.69) is 5.32 Å². The maximum atomic E-state index is 13.5. The number of ether oxygens (including phenoxy) is 3. The van der Waals surface area contributed by atoms with E-state index in [0.717, 1.165) is 5.06 Å². The summed E-state index contributed by atoms with van der Waals surface area (Å²) in [4.78, 5) is 31.5. The lowest BCUT2D eigenvalue weighted by Gasteiger charge is -2.51. The summed E-state index contributed by atoms with van der Waals surface area (Å²) < 4.78 is 16.4. The molecule has 6 aliphatic rings. The molecule has 1 aromatic rings. The Balaban J connectivity index is 1.41. The molecule has 0 unspecified atom stereocenters. The summed E-state index contributed by atoms with van der Waals surface area (Å²) >= 11 is 0. The molecule has 1 aromatic carbocycles. The number of methoxy groups -OCH3 is 2. The highest BCUT2D eigenvalue weighted by atomic mass is 33.1.